The largest absolute Gasteiger partial charge is 0.355 e. The Balaban J connectivity index is 1.61. The zero-order chi connectivity index (χ0) is 27.4. The minimum atomic E-state index is 0.908. The van der Waals surface area contributed by atoms with Crippen molar-refractivity contribution in [1.82, 2.24) is 19.9 Å². The molecule has 0 amide bonds. The fraction of sp³-hybridized carbons (Fsp3) is 0.0588. The molecule has 2 N–H and O–H groups in total. The van der Waals surface area contributed by atoms with Crippen LogP contribution in [-0.4, -0.2) is 19.9 Å². The number of benzene rings is 2. The van der Waals surface area contributed by atoms with E-state index in [4.69, 9.17) is 9.97 Å². The molecular weight excluding hydrogens is 671 g/mol. The SMILES string of the molecule is Cc1c2nc(c(-c3ccc(Br)cc3)c3nc(c(C)c4ccc([nH]4)c(-c4ccc(I)cc4)c4ccc1[nH]4)C=C3)C=C2. The average Bonchev–Trinajstić information content (AvgIpc) is 3.78. The number of aromatic amines is 2. The number of nitrogens with one attached hydrogen (secondary N) is 2. The minimum Gasteiger partial charge on any atom is -0.355 e. The molecule has 0 atom stereocenters. The standard InChI is InChI=1S/C34H24BrIN4/c1-19-25-11-15-29(37-25)33(21-3-7-23(35)8-4-21)30-16-12-26(38-30)20(2)28-14-18-32(40-28)34(31-17-13-27(19)39-31)22-5-9-24(36)10-6-22/h3-18,39-40H,1-2H3. The van der Waals surface area contributed by atoms with Crippen molar-refractivity contribution in [2.24, 2.45) is 0 Å². The van der Waals surface area contributed by atoms with E-state index in [1.807, 2.05) is 0 Å². The quantitative estimate of drug-likeness (QED) is 0.177. The predicted octanol–water partition coefficient (Wildman–Crippen LogP) is 9.97. The van der Waals surface area contributed by atoms with E-state index in [1.54, 1.807) is 0 Å². The molecule has 194 valence electrons. The molecule has 0 aliphatic carbocycles. The monoisotopic (exact) mass is 694 g/mol. The maximum absolute atomic E-state index is 5.12. The number of hydrogen-bond donors (Lipinski definition) is 2. The number of rotatable bonds is 2. The summed E-state index contributed by atoms with van der Waals surface area (Å²) in [4.78, 5) is 17.6. The second-order valence-corrected chi connectivity index (χ2v) is 12.2. The molecule has 5 aromatic rings. The number of fused-ring (bicyclic) bond motifs is 8. The van der Waals surface area contributed by atoms with Gasteiger partial charge in [-0.25, -0.2) is 9.97 Å². The summed E-state index contributed by atoms with van der Waals surface area (Å²) in [6.45, 7) is 4.25. The first-order chi connectivity index (χ1) is 19.4. The molecule has 0 radical (unpaired) electrons. The van der Waals surface area contributed by atoms with Gasteiger partial charge in [0.25, 0.3) is 0 Å². The third kappa shape index (κ3) is 4.45. The molecule has 7 rings (SSSR count). The number of aromatic nitrogens is 4. The summed E-state index contributed by atoms with van der Waals surface area (Å²) in [5, 5.41) is 0. The maximum atomic E-state index is 5.12. The number of H-pyrrole nitrogens is 2. The maximum Gasteiger partial charge on any atom is 0.0737 e. The van der Waals surface area contributed by atoms with Crippen LogP contribution in [0.15, 0.2) is 77.3 Å². The van der Waals surface area contributed by atoms with Crippen molar-refractivity contribution < 1.29 is 0 Å². The van der Waals surface area contributed by atoms with E-state index in [-0.39, 0.29) is 0 Å². The highest BCUT2D eigenvalue weighted by molar-refractivity contribution is 14.1. The van der Waals surface area contributed by atoms with Gasteiger partial charge in [-0.3, -0.25) is 0 Å². The van der Waals surface area contributed by atoms with Crippen molar-refractivity contribution in [3.05, 3.63) is 115 Å². The van der Waals surface area contributed by atoms with Gasteiger partial charge in [-0.2, -0.15) is 0 Å². The average molecular weight is 695 g/mol. The van der Waals surface area contributed by atoms with E-state index in [2.05, 4.69) is 159 Å². The fourth-order valence-electron chi connectivity index (χ4n) is 5.33. The normalized spacial score (nSPS) is 12.3. The van der Waals surface area contributed by atoms with Gasteiger partial charge in [0, 0.05) is 41.2 Å². The minimum absolute atomic E-state index is 0.908. The van der Waals surface area contributed by atoms with Gasteiger partial charge in [-0.15, -0.1) is 0 Å². The fourth-order valence-corrected chi connectivity index (χ4v) is 5.96. The van der Waals surface area contributed by atoms with Crippen LogP contribution in [0.4, 0.5) is 0 Å². The first kappa shape index (κ1) is 25.2. The predicted molar refractivity (Wildman–Crippen MR) is 180 cm³/mol. The van der Waals surface area contributed by atoms with Gasteiger partial charge in [0.05, 0.1) is 22.8 Å². The van der Waals surface area contributed by atoms with Crippen molar-refractivity contribution in [3.63, 3.8) is 0 Å². The zero-order valence-corrected chi connectivity index (χ0v) is 25.6. The lowest BCUT2D eigenvalue weighted by atomic mass is 10.0. The lowest BCUT2D eigenvalue weighted by Gasteiger charge is -2.05. The number of nitrogens with zero attached hydrogens (tertiary/aromatic N) is 2. The van der Waals surface area contributed by atoms with Crippen LogP contribution in [-0.2, 0) is 0 Å². The zero-order valence-electron chi connectivity index (χ0n) is 21.9. The molecular formula is C34H24BrIN4. The van der Waals surface area contributed by atoms with Crippen LogP contribution in [0.2, 0.25) is 0 Å². The molecule has 8 bridgehead atoms. The highest BCUT2D eigenvalue weighted by Crippen LogP contribution is 2.34. The first-order valence-electron chi connectivity index (χ1n) is 13.1. The summed E-state index contributed by atoms with van der Waals surface area (Å²) in [7, 11) is 0. The molecule has 0 saturated carbocycles. The molecule has 4 nitrogen and oxygen atoms in total. The van der Waals surface area contributed by atoms with E-state index >= 15 is 0 Å². The molecule has 6 heteroatoms. The Morgan fingerprint density at radius 2 is 0.950 bits per heavy atom. The summed E-state index contributed by atoms with van der Waals surface area (Å²) >= 11 is 5.92. The van der Waals surface area contributed by atoms with Crippen molar-refractivity contribution in [1.29, 1.82) is 0 Å². The van der Waals surface area contributed by atoms with Crippen LogP contribution in [0, 0.1) is 17.4 Å². The Kier molecular flexibility index (Phi) is 6.32. The van der Waals surface area contributed by atoms with E-state index in [9.17, 15) is 0 Å². The van der Waals surface area contributed by atoms with Crippen LogP contribution < -0.4 is 0 Å². The van der Waals surface area contributed by atoms with E-state index < -0.39 is 0 Å². The third-order valence-corrected chi connectivity index (χ3v) is 8.79. The third-order valence-electron chi connectivity index (χ3n) is 7.55. The van der Waals surface area contributed by atoms with E-state index in [0.29, 0.717) is 0 Å². The Hall–Kier alpha value is -3.75. The molecule has 3 aromatic heterocycles. The second-order valence-electron chi connectivity index (χ2n) is 10.0. The van der Waals surface area contributed by atoms with E-state index in [0.717, 1.165) is 82.7 Å². The Bertz CT molecular complexity index is 1930. The Morgan fingerprint density at radius 3 is 1.48 bits per heavy atom. The van der Waals surface area contributed by atoms with Crippen LogP contribution >= 0.6 is 38.5 Å². The van der Waals surface area contributed by atoms with Crippen LogP contribution in [0.5, 0.6) is 0 Å². The molecule has 0 saturated heterocycles. The van der Waals surface area contributed by atoms with Gasteiger partial charge in [0.1, 0.15) is 0 Å². The van der Waals surface area contributed by atoms with Crippen LogP contribution in [0.3, 0.4) is 0 Å². The molecule has 2 aromatic carbocycles. The van der Waals surface area contributed by atoms with Crippen LogP contribution in [0.1, 0.15) is 33.9 Å². The molecule has 2 aliphatic rings. The summed E-state index contributed by atoms with van der Waals surface area (Å²) in [5.41, 5.74) is 14.4. The first-order valence-corrected chi connectivity index (χ1v) is 14.9. The van der Waals surface area contributed by atoms with Crippen molar-refractivity contribution >= 4 is 84.9 Å². The highest BCUT2D eigenvalue weighted by atomic mass is 127. The molecule has 0 unspecified atom stereocenters. The summed E-state index contributed by atoms with van der Waals surface area (Å²) < 4.78 is 2.25. The van der Waals surface area contributed by atoms with Gasteiger partial charge in [-0.05, 0) is 132 Å². The lowest BCUT2D eigenvalue weighted by Crippen LogP contribution is -1.90. The number of aryl methyl sites for hydroxylation is 2. The summed E-state index contributed by atoms with van der Waals surface area (Å²) in [6, 6.07) is 25.6. The molecule has 40 heavy (non-hydrogen) atoms. The smallest absolute Gasteiger partial charge is 0.0737 e. The van der Waals surface area contributed by atoms with Crippen LogP contribution in [0.25, 0.3) is 68.6 Å². The van der Waals surface area contributed by atoms with Gasteiger partial charge in [0.2, 0.25) is 0 Å². The lowest BCUT2D eigenvalue weighted by molar-refractivity contribution is 1.24. The van der Waals surface area contributed by atoms with Gasteiger partial charge in [0.15, 0.2) is 0 Å². The van der Waals surface area contributed by atoms with Gasteiger partial charge in [-0.1, -0.05) is 40.2 Å². The topological polar surface area (TPSA) is 57.4 Å². The number of hydrogen-bond acceptors (Lipinski definition) is 2. The van der Waals surface area contributed by atoms with Crippen molar-refractivity contribution in [2.45, 2.75) is 13.8 Å². The molecule has 5 heterocycles. The van der Waals surface area contributed by atoms with Gasteiger partial charge < -0.3 is 9.97 Å². The Labute approximate surface area is 254 Å². The second kappa shape index (κ2) is 10.0. The summed E-state index contributed by atoms with van der Waals surface area (Å²) in [5.74, 6) is 0. The van der Waals surface area contributed by atoms with Crippen molar-refractivity contribution in [2.75, 3.05) is 0 Å². The Morgan fingerprint density at radius 1 is 0.525 bits per heavy atom. The molecule has 0 spiro atoms. The van der Waals surface area contributed by atoms with Gasteiger partial charge >= 0.3 is 0 Å². The highest BCUT2D eigenvalue weighted by Gasteiger charge is 2.16. The summed E-state index contributed by atoms with van der Waals surface area (Å²) in [6.07, 6.45) is 8.40. The van der Waals surface area contributed by atoms with Crippen molar-refractivity contribution in [3.8, 4) is 22.3 Å². The molecule has 0 fully saturated rings. The van der Waals surface area contributed by atoms with E-state index in [1.165, 1.54) is 3.57 Å². The molecule has 2 aliphatic heterocycles. The number of halogens is 2.